The number of fused-ring (bicyclic) bond motifs is 1. The summed E-state index contributed by atoms with van der Waals surface area (Å²) in [4.78, 5) is 31.2. The minimum Gasteiger partial charge on any atom is -0.472 e. The molecule has 14 heteroatoms. The Hall–Kier alpha value is -2.93. The van der Waals surface area contributed by atoms with E-state index < -0.39 is 35.9 Å². The molecule has 0 radical (unpaired) electrons. The predicted octanol–water partition coefficient (Wildman–Crippen LogP) is 5.07. The van der Waals surface area contributed by atoms with Crippen LogP contribution in [0.3, 0.4) is 0 Å². The molecule has 7 nitrogen and oxygen atoms in total. The van der Waals surface area contributed by atoms with E-state index >= 15 is 0 Å². The maximum Gasteiger partial charge on any atom is 0.416 e. The molecule has 2 N–H and O–H groups in total. The lowest BCUT2D eigenvalue weighted by molar-refractivity contribution is -0.207. The third kappa shape index (κ3) is 5.12. The summed E-state index contributed by atoms with van der Waals surface area (Å²) < 4.78 is 58.5. The number of rotatable bonds is 6. The van der Waals surface area contributed by atoms with Crippen LogP contribution in [0.2, 0.25) is 10.0 Å². The van der Waals surface area contributed by atoms with Gasteiger partial charge in [0.1, 0.15) is 22.3 Å². The van der Waals surface area contributed by atoms with E-state index in [0.29, 0.717) is 26.1 Å². The molecular formula is C22H15Cl2F4N3O4S. The van der Waals surface area contributed by atoms with Crippen LogP contribution in [-0.2, 0) is 13.2 Å². The normalized spacial score (nSPS) is 12.8. The maximum absolute atomic E-state index is 13.6. The fraction of sp³-hybridized carbons (Fsp3) is 0.227. The summed E-state index contributed by atoms with van der Waals surface area (Å²) in [6.45, 7) is 0.420. The molecule has 0 bridgehead atoms. The summed E-state index contributed by atoms with van der Waals surface area (Å²) in [6.07, 6.45) is -6.39. The lowest BCUT2D eigenvalue weighted by Gasteiger charge is -2.15. The summed E-state index contributed by atoms with van der Waals surface area (Å²) in [5, 5.41) is 9.53. The quantitative estimate of drug-likeness (QED) is 0.319. The van der Waals surface area contributed by atoms with E-state index in [9.17, 15) is 32.3 Å². The van der Waals surface area contributed by atoms with Crippen molar-refractivity contribution in [2.45, 2.75) is 32.4 Å². The van der Waals surface area contributed by atoms with Gasteiger partial charge in [-0.3, -0.25) is 14.3 Å². The molecule has 3 aromatic heterocycles. The van der Waals surface area contributed by atoms with Gasteiger partial charge in [0.15, 0.2) is 6.10 Å². The second-order valence-corrected chi connectivity index (χ2v) is 9.53. The fourth-order valence-corrected chi connectivity index (χ4v) is 5.06. The van der Waals surface area contributed by atoms with Crippen LogP contribution >= 0.6 is 34.5 Å². The molecule has 0 amide bonds. The van der Waals surface area contributed by atoms with Gasteiger partial charge in [-0.2, -0.15) is 13.2 Å². The SMILES string of the molecule is Cc1c(-c2cnc(OCc3ccc(Cl)c(F)c3)c(Cl)c2)sc2c1c(=O)[nH]c(=O)n2C[C@@H](O)C(F)(F)F. The van der Waals surface area contributed by atoms with Crippen LogP contribution in [0, 0.1) is 12.7 Å². The number of aromatic amines is 1. The number of nitrogens with one attached hydrogen (secondary N) is 1. The van der Waals surface area contributed by atoms with E-state index in [-0.39, 0.29) is 32.7 Å². The summed E-state index contributed by atoms with van der Waals surface area (Å²) in [5.74, 6) is -0.568. The smallest absolute Gasteiger partial charge is 0.416 e. The number of benzene rings is 1. The van der Waals surface area contributed by atoms with Crippen molar-refractivity contribution < 1.29 is 27.4 Å². The van der Waals surface area contributed by atoms with Crippen molar-refractivity contribution in [2.75, 3.05) is 0 Å². The van der Waals surface area contributed by atoms with Crippen molar-refractivity contribution in [1.29, 1.82) is 0 Å². The molecule has 0 aliphatic heterocycles. The van der Waals surface area contributed by atoms with E-state index in [1.807, 2.05) is 4.98 Å². The number of alkyl halides is 3. The zero-order valence-corrected chi connectivity index (χ0v) is 20.4. The van der Waals surface area contributed by atoms with Crippen LogP contribution in [0.1, 0.15) is 11.1 Å². The molecule has 0 aliphatic rings. The number of pyridine rings is 1. The molecule has 0 saturated heterocycles. The van der Waals surface area contributed by atoms with Crippen molar-refractivity contribution in [3.8, 4) is 16.3 Å². The number of nitrogens with zero attached hydrogens (tertiary/aromatic N) is 2. The van der Waals surface area contributed by atoms with E-state index in [2.05, 4.69) is 4.98 Å². The van der Waals surface area contributed by atoms with E-state index in [0.717, 1.165) is 11.3 Å². The van der Waals surface area contributed by atoms with Gasteiger partial charge in [-0.05, 0) is 36.2 Å². The number of thiophene rings is 1. The largest absolute Gasteiger partial charge is 0.472 e. The van der Waals surface area contributed by atoms with Gasteiger partial charge in [0.05, 0.1) is 17.0 Å². The van der Waals surface area contributed by atoms with Crippen LogP contribution in [0.15, 0.2) is 40.1 Å². The molecule has 4 rings (SSSR count). The third-order valence-corrected chi connectivity index (χ3v) is 7.17. The Labute approximate surface area is 213 Å². The molecule has 0 spiro atoms. The van der Waals surface area contributed by atoms with Gasteiger partial charge < -0.3 is 9.84 Å². The van der Waals surface area contributed by atoms with Gasteiger partial charge in [0.25, 0.3) is 5.56 Å². The molecule has 1 aromatic carbocycles. The first-order chi connectivity index (χ1) is 16.9. The molecule has 0 aliphatic carbocycles. The Bertz CT molecular complexity index is 1580. The highest BCUT2D eigenvalue weighted by atomic mass is 35.5. The molecule has 0 fully saturated rings. The standard InChI is InChI=1S/C22H15Cl2F4N3O4S/c1-9-16-18(33)30-21(34)31(7-15(32)22(26,27)28)20(16)36-17(9)11-5-13(24)19(29-6-11)35-8-10-2-3-12(23)14(25)4-10/h2-6,15,32H,7-8H2,1H3,(H,30,33,34)/t15-/m1/s1. The number of H-pyrrole nitrogens is 1. The van der Waals surface area contributed by atoms with Gasteiger partial charge in [0.2, 0.25) is 5.88 Å². The van der Waals surface area contributed by atoms with E-state index in [4.69, 9.17) is 27.9 Å². The topological polar surface area (TPSA) is 97.2 Å². The van der Waals surface area contributed by atoms with Crippen molar-refractivity contribution in [3.05, 3.63) is 78.3 Å². The molecule has 1 atom stereocenters. The Kier molecular flexibility index (Phi) is 7.15. The number of halogens is 6. The number of aliphatic hydroxyl groups excluding tert-OH is 1. The molecule has 190 valence electrons. The first-order valence-corrected chi connectivity index (χ1v) is 11.7. The number of aryl methyl sites for hydroxylation is 1. The summed E-state index contributed by atoms with van der Waals surface area (Å²) in [7, 11) is 0. The molecule has 0 saturated carbocycles. The van der Waals surface area contributed by atoms with Gasteiger partial charge in [0, 0.05) is 16.6 Å². The fourth-order valence-electron chi connectivity index (χ4n) is 3.43. The Morgan fingerprint density at radius 2 is 1.94 bits per heavy atom. The second kappa shape index (κ2) is 9.85. The van der Waals surface area contributed by atoms with Crippen LogP contribution in [-0.4, -0.2) is 31.9 Å². The average Bonchev–Trinajstić information content (AvgIpc) is 3.14. The highest BCUT2D eigenvalue weighted by Gasteiger charge is 2.39. The highest BCUT2D eigenvalue weighted by molar-refractivity contribution is 7.22. The maximum atomic E-state index is 13.6. The Balaban J connectivity index is 1.69. The van der Waals surface area contributed by atoms with Crippen LogP contribution < -0.4 is 16.0 Å². The minimum absolute atomic E-state index is 0.00480. The minimum atomic E-state index is -4.96. The van der Waals surface area contributed by atoms with Gasteiger partial charge >= 0.3 is 11.9 Å². The molecule has 0 unspecified atom stereocenters. The average molecular weight is 564 g/mol. The number of hydrogen-bond donors (Lipinski definition) is 2. The monoisotopic (exact) mass is 563 g/mol. The summed E-state index contributed by atoms with van der Waals surface area (Å²) in [6, 6.07) is 5.64. The number of aliphatic hydroxyl groups is 1. The molecular weight excluding hydrogens is 549 g/mol. The molecule has 4 aromatic rings. The lowest BCUT2D eigenvalue weighted by Crippen LogP contribution is -2.38. The third-order valence-electron chi connectivity index (χ3n) is 5.23. The summed E-state index contributed by atoms with van der Waals surface area (Å²) >= 11 is 12.8. The van der Waals surface area contributed by atoms with Crippen molar-refractivity contribution in [1.82, 2.24) is 14.5 Å². The van der Waals surface area contributed by atoms with Crippen molar-refractivity contribution in [3.63, 3.8) is 0 Å². The Morgan fingerprint density at radius 1 is 1.22 bits per heavy atom. The number of hydrogen-bond acceptors (Lipinski definition) is 6. The predicted molar refractivity (Wildman–Crippen MR) is 127 cm³/mol. The molecule has 36 heavy (non-hydrogen) atoms. The van der Waals surface area contributed by atoms with Crippen molar-refractivity contribution in [2.24, 2.45) is 0 Å². The summed E-state index contributed by atoms with van der Waals surface area (Å²) in [5.41, 5.74) is -0.574. The van der Waals surface area contributed by atoms with E-state index in [1.165, 1.54) is 24.4 Å². The zero-order valence-electron chi connectivity index (χ0n) is 18.1. The first kappa shape index (κ1) is 26.1. The Morgan fingerprint density at radius 3 is 2.58 bits per heavy atom. The zero-order chi connectivity index (χ0) is 26.4. The lowest BCUT2D eigenvalue weighted by atomic mass is 10.1. The van der Waals surface area contributed by atoms with Crippen LogP contribution in [0.5, 0.6) is 5.88 Å². The van der Waals surface area contributed by atoms with Gasteiger partial charge in [-0.25, -0.2) is 14.2 Å². The van der Waals surface area contributed by atoms with Gasteiger partial charge in [-0.1, -0.05) is 29.3 Å². The van der Waals surface area contributed by atoms with E-state index in [1.54, 1.807) is 13.0 Å². The van der Waals surface area contributed by atoms with Crippen LogP contribution in [0.25, 0.3) is 20.7 Å². The van der Waals surface area contributed by atoms with Crippen molar-refractivity contribution >= 4 is 44.8 Å². The number of aromatic nitrogens is 3. The van der Waals surface area contributed by atoms with Gasteiger partial charge in [-0.15, -0.1) is 11.3 Å². The highest BCUT2D eigenvalue weighted by Crippen LogP contribution is 2.38. The van der Waals surface area contributed by atoms with Crippen LogP contribution in [0.4, 0.5) is 17.6 Å². The molecule has 3 heterocycles. The first-order valence-electron chi connectivity index (χ1n) is 10.1. The second-order valence-electron chi connectivity index (χ2n) is 7.71. The number of ether oxygens (including phenoxy) is 1.